The molecular formula is C24H24N4O2. The van der Waals surface area contributed by atoms with E-state index in [1.54, 1.807) is 29.8 Å². The number of aromatic nitrogens is 1. The minimum Gasteiger partial charge on any atom is -0.374 e. The molecule has 1 fully saturated rings. The number of nitriles is 1. The van der Waals surface area contributed by atoms with Gasteiger partial charge in [-0.3, -0.25) is 4.79 Å². The largest absolute Gasteiger partial charge is 0.374 e. The number of rotatable bonds is 4. The molecule has 1 aliphatic rings. The summed E-state index contributed by atoms with van der Waals surface area (Å²) in [5.74, 6) is -0.0290. The van der Waals surface area contributed by atoms with Gasteiger partial charge in [0.05, 0.1) is 22.9 Å². The highest BCUT2D eigenvalue weighted by Gasteiger charge is 2.26. The van der Waals surface area contributed by atoms with Gasteiger partial charge in [-0.1, -0.05) is 36.4 Å². The smallest absolute Gasteiger partial charge is 0.256 e. The number of amides is 1. The second kappa shape index (κ2) is 8.44. The number of aliphatic hydroxyl groups excluding tert-OH is 1. The van der Waals surface area contributed by atoms with Gasteiger partial charge < -0.3 is 19.5 Å². The number of anilines is 1. The summed E-state index contributed by atoms with van der Waals surface area (Å²) >= 11 is 0. The van der Waals surface area contributed by atoms with Crippen LogP contribution in [0.2, 0.25) is 0 Å². The van der Waals surface area contributed by atoms with Crippen LogP contribution in [0.25, 0.3) is 11.3 Å². The van der Waals surface area contributed by atoms with Crippen LogP contribution in [-0.2, 0) is 0 Å². The van der Waals surface area contributed by atoms with Gasteiger partial charge in [-0.15, -0.1) is 0 Å². The minimum absolute atomic E-state index is 0.0290. The average molecular weight is 400 g/mol. The van der Waals surface area contributed by atoms with Crippen molar-refractivity contribution in [2.24, 2.45) is 0 Å². The third kappa shape index (κ3) is 3.80. The molecular weight excluding hydrogens is 376 g/mol. The number of nitrogens with zero attached hydrogens (tertiary/aromatic N) is 4. The summed E-state index contributed by atoms with van der Waals surface area (Å²) in [5.41, 5.74) is 3.88. The first-order valence-corrected chi connectivity index (χ1v) is 10.1. The second-order valence-corrected chi connectivity index (χ2v) is 7.42. The summed E-state index contributed by atoms with van der Waals surface area (Å²) < 4.78 is 1.73. The lowest BCUT2D eigenvalue weighted by Gasteiger charge is -2.36. The fraction of sp³-hybridized carbons (Fsp3) is 0.250. The van der Waals surface area contributed by atoms with Crippen LogP contribution in [-0.4, -0.2) is 46.7 Å². The first-order valence-electron chi connectivity index (χ1n) is 10.1. The van der Waals surface area contributed by atoms with Crippen molar-refractivity contribution >= 4 is 11.6 Å². The predicted molar refractivity (Wildman–Crippen MR) is 116 cm³/mol. The van der Waals surface area contributed by atoms with Crippen LogP contribution in [0.1, 0.15) is 29.1 Å². The molecule has 1 saturated heterocycles. The van der Waals surface area contributed by atoms with E-state index >= 15 is 0 Å². The van der Waals surface area contributed by atoms with Crippen molar-refractivity contribution in [3.63, 3.8) is 0 Å². The van der Waals surface area contributed by atoms with E-state index < -0.39 is 6.23 Å². The van der Waals surface area contributed by atoms with Crippen molar-refractivity contribution in [2.45, 2.75) is 13.2 Å². The Morgan fingerprint density at radius 2 is 1.77 bits per heavy atom. The zero-order valence-corrected chi connectivity index (χ0v) is 16.9. The van der Waals surface area contributed by atoms with E-state index in [1.165, 1.54) is 0 Å². The van der Waals surface area contributed by atoms with E-state index in [-0.39, 0.29) is 5.91 Å². The number of piperazine rings is 1. The highest BCUT2D eigenvalue weighted by Crippen LogP contribution is 2.29. The molecule has 30 heavy (non-hydrogen) atoms. The number of hydrogen-bond acceptors (Lipinski definition) is 4. The maximum atomic E-state index is 13.3. The molecule has 0 spiro atoms. The molecule has 1 N–H and O–H groups in total. The number of carbonyl (C=O) groups is 1. The van der Waals surface area contributed by atoms with Crippen molar-refractivity contribution in [1.82, 2.24) is 9.47 Å². The number of hydrogen-bond donors (Lipinski definition) is 1. The van der Waals surface area contributed by atoms with E-state index in [0.29, 0.717) is 37.3 Å². The topological polar surface area (TPSA) is 72.5 Å². The van der Waals surface area contributed by atoms with Gasteiger partial charge in [0.2, 0.25) is 0 Å². The van der Waals surface area contributed by atoms with Crippen LogP contribution < -0.4 is 4.90 Å². The van der Waals surface area contributed by atoms with Gasteiger partial charge >= 0.3 is 0 Å². The van der Waals surface area contributed by atoms with Crippen LogP contribution >= 0.6 is 0 Å². The van der Waals surface area contributed by atoms with Crippen molar-refractivity contribution < 1.29 is 9.90 Å². The highest BCUT2D eigenvalue weighted by molar-refractivity contribution is 6.00. The van der Waals surface area contributed by atoms with Crippen LogP contribution in [0.15, 0.2) is 66.9 Å². The van der Waals surface area contributed by atoms with Gasteiger partial charge in [0.15, 0.2) is 0 Å². The Morgan fingerprint density at radius 1 is 1.03 bits per heavy atom. The summed E-state index contributed by atoms with van der Waals surface area (Å²) in [4.78, 5) is 17.4. The Balaban J connectivity index is 1.54. The first kappa shape index (κ1) is 19.7. The Hall–Kier alpha value is -3.56. The molecule has 3 aromatic rings. The van der Waals surface area contributed by atoms with Crippen molar-refractivity contribution in [2.75, 3.05) is 31.1 Å². The molecule has 0 aliphatic carbocycles. The zero-order chi connectivity index (χ0) is 21.1. The quantitative estimate of drug-likeness (QED) is 0.728. The maximum Gasteiger partial charge on any atom is 0.256 e. The summed E-state index contributed by atoms with van der Waals surface area (Å²) in [5, 5.41) is 19.3. The van der Waals surface area contributed by atoms with E-state index in [1.807, 2.05) is 53.4 Å². The van der Waals surface area contributed by atoms with E-state index in [2.05, 4.69) is 11.0 Å². The number of carbonyl (C=O) groups excluding carboxylic acids is 1. The molecule has 0 radical (unpaired) electrons. The fourth-order valence-corrected chi connectivity index (χ4v) is 3.94. The Morgan fingerprint density at radius 3 is 2.43 bits per heavy atom. The van der Waals surface area contributed by atoms with Crippen LogP contribution in [0.3, 0.4) is 0 Å². The predicted octanol–water partition coefficient (Wildman–Crippen LogP) is 3.50. The molecule has 1 aromatic heterocycles. The van der Waals surface area contributed by atoms with Gasteiger partial charge in [0.1, 0.15) is 6.23 Å². The van der Waals surface area contributed by atoms with E-state index in [0.717, 1.165) is 16.9 Å². The van der Waals surface area contributed by atoms with Crippen molar-refractivity contribution in [3.8, 4) is 17.3 Å². The molecule has 0 saturated carbocycles. The Kier molecular flexibility index (Phi) is 5.55. The molecule has 6 nitrogen and oxygen atoms in total. The minimum atomic E-state index is -0.731. The van der Waals surface area contributed by atoms with Crippen molar-refractivity contribution in [1.29, 1.82) is 5.26 Å². The molecule has 1 amide bonds. The standard InChI is InChI=1S/C24H24N4O2/c1-18(29)28-11-10-22(23(28)20-7-3-2-4-8-20)24(30)27-14-12-26(13-15-27)21-9-5-6-19(16-21)17-25/h2-11,16,18,29H,12-15H2,1H3. The molecule has 2 heterocycles. The summed E-state index contributed by atoms with van der Waals surface area (Å²) in [6.07, 6.45) is 1.04. The summed E-state index contributed by atoms with van der Waals surface area (Å²) in [6.45, 7) is 4.30. The molecule has 2 aromatic carbocycles. The van der Waals surface area contributed by atoms with E-state index in [4.69, 9.17) is 5.26 Å². The third-order valence-electron chi connectivity index (χ3n) is 5.50. The fourth-order valence-electron chi connectivity index (χ4n) is 3.94. The van der Waals surface area contributed by atoms with Gasteiger partial charge in [-0.2, -0.15) is 5.26 Å². The lowest BCUT2D eigenvalue weighted by atomic mass is 10.1. The SMILES string of the molecule is CC(O)n1ccc(C(=O)N2CCN(c3cccc(C#N)c3)CC2)c1-c1ccccc1. The molecule has 4 rings (SSSR count). The van der Waals surface area contributed by atoms with Gasteiger partial charge in [0, 0.05) is 38.1 Å². The first-order chi connectivity index (χ1) is 14.6. The lowest BCUT2D eigenvalue weighted by Crippen LogP contribution is -2.48. The summed E-state index contributed by atoms with van der Waals surface area (Å²) in [6, 6.07) is 21.2. The second-order valence-electron chi connectivity index (χ2n) is 7.42. The molecule has 1 atom stereocenters. The average Bonchev–Trinajstić information content (AvgIpc) is 3.25. The monoisotopic (exact) mass is 400 g/mol. The van der Waals surface area contributed by atoms with Crippen LogP contribution in [0, 0.1) is 11.3 Å². The van der Waals surface area contributed by atoms with Gasteiger partial charge in [-0.05, 0) is 36.8 Å². The molecule has 6 heteroatoms. The van der Waals surface area contributed by atoms with Gasteiger partial charge in [-0.25, -0.2) is 0 Å². The lowest BCUT2D eigenvalue weighted by molar-refractivity contribution is 0.0747. The van der Waals surface area contributed by atoms with Crippen molar-refractivity contribution in [3.05, 3.63) is 78.0 Å². The normalized spacial score (nSPS) is 15.0. The molecule has 0 bridgehead atoms. The molecule has 152 valence electrons. The van der Waals surface area contributed by atoms with E-state index in [9.17, 15) is 9.90 Å². The van der Waals surface area contributed by atoms with Crippen LogP contribution in [0.5, 0.6) is 0 Å². The third-order valence-corrected chi connectivity index (χ3v) is 5.50. The Labute approximate surface area is 176 Å². The van der Waals surface area contributed by atoms with Crippen LogP contribution in [0.4, 0.5) is 5.69 Å². The Bertz CT molecular complexity index is 1070. The molecule has 1 unspecified atom stereocenters. The summed E-state index contributed by atoms with van der Waals surface area (Å²) in [7, 11) is 0. The maximum absolute atomic E-state index is 13.3. The number of benzene rings is 2. The number of aliphatic hydroxyl groups is 1. The molecule has 1 aliphatic heterocycles. The zero-order valence-electron chi connectivity index (χ0n) is 16.9. The highest BCUT2D eigenvalue weighted by atomic mass is 16.3. The van der Waals surface area contributed by atoms with Gasteiger partial charge in [0.25, 0.3) is 5.91 Å².